The van der Waals surface area contributed by atoms with Crippen LogP contribution in [0.2, 0.25) is 0 Å². The number of amides is 1. The van der Waals surface area contributed by atoms with Crippen LogP contribution in [0.3, 0.4) is 0 Å². The Morgan fingerprint density at radius 1 is 1.28 bits per heavy atom. The molecule has 0 aromatic heterocycles. The summed E-state index contributed by atoms with van der Waals surface area (Å²) in [5.41, 5.74) is 7.68. The Bertz CT molecular complexity index is 388. The number of benzene rings is 1. The number of rotatable bonds is 5. The van der Waals surface area contributed by atoms with Crippen LogP contribution in [0.4, 0.5) is 5.69 Å². The first-order valence-electron chi connectivity index (χ1n) is 6.46. The Balaban J connectivity index is 2.50. The Morgan fingerprint density at radius 2 is 1.83 bits per heavy atom. The van der Waals surface area contributed by atoms with Crippen LogP contribution in [0.25, 0.3) is 0 Å². The highest BCUT2D eigenvalue weighted by atomic mass is 16.1. The third kappa shape index (κ3) is 5.32. The maximum atomic E-state index is 11.7. The summed E-state index contributed by atoms with van der Waals surface area (Å²) in [5, 5.41) is 2.89. The highest BCUT2D eigenvalue weighted by Gasteiger charge is 2.13. The van der Waals surface area contributed by atoms with Gasteiger partial charge in [-0.05, 0) is 43.9 Å². The molecule has 1 amide bonds. The maximum absolute atomic E-state index is 11.7. The molecule has 0 aliphatic rings. The molecule has 0 aliphatic heterocycles. The van der Waals surface area contributed by atoms with Crippen molar-refractivity contribution in [3.05, 3.63) is 29.8 Å². The molecule has 0 radical (unpaired) electrons. The molecule has 1 aromatic rings. The fourth-order valence-corrected chi connectivity index (χ4v) is 1.61. The van der Waals surface area contributed by atoms with Crippen molar-refractivity contribution in [2.24, 2.45) is 5.73 Å². The molecule has 1 rings (SSSR count). The summed E-state index contributed by atoms with van der Waals surface area (Å²) >= 11 is 0. The second-order valence-electron chi connectivity index (χ2n) is 5.81. The van der Waals surface area contributed by atoms with Gasteiger partial charge in [0.15, 0.2) is 0 Å². The summed E-state index contributed by atoms with van der Waals surface area (Å²) < 4.78 is 0. The van der Waals surface area contributed by atoms with Gasteiger partial charge in [-0.1, -0.05) is 26.0 Å². The van der Waals surface area contributed by atoms with E-state index in [-0.39, 0.29) is 11.4 Å². The molecule has 0 unspecified atom stereocenters. The monoisotopic (exact) mass is 248 g/mol. The lowest BCUT2D eigenvalue weighted by Gasteiger charge is -2.17. The van der Waals surface area contributed by atoms with Crippen LogP contribution in [0.1, 0.15) is 52.0 Å². The van der Waals surface area contributed by atoms with Crippen LogP contribution < -0.4 is 11.1 Å². The second kappa shape index (κ2) is 6.01. The summed E-state index contributed by atoms with van der Waals surface area (Å²) in [7, 11) is 0. The van der Waals surface area contributed by atoms with Crippen LogP contribution in [-0.4, -0.2) is 11.4 Å². The van der Waals surface area contributed by atoms with Crippen LogP contribution >= 0.6 is 0 Å². The molecule has 18 heavy (non-hydrogen) atoms. The number of nitrogens with one attached hydrogen (secondary N) is 1. The van der Waals surface area contributed by atoms with Gasteiger partial charge in [0, 0.05) is 17.6 Å². The molecule has 3 nitrogen and oxygen atoms in total. The van der Waals surface area contributed by atoms with E-state index in [4.69, 9.17) is 5.73 Å². The van der Waals surface area contributed by atoms with Crippen molar-refractivity contribution in [2.75, 3.05) is 5.32 Å². The summed E-state index contributed by atoms with van der Waals surface area (Å²) in [4.78, 5) is 11.7. The van der Waals surface area contributed by atoms with Crippen molar-refractivity contribution >= 4 is 11.6 Å². The van der Waals surface area contributed by atoms with Crippen LogP contribution in [0.5, 0.6) is 0 Å². The first kappa shape index (κ1) is 14.7. The quantitative estimate of drug-likeness (QED) is 0.840. The average Bonchev–Trinajstić information content (AvgIpc) is 2.26. The number of anilines is 1. The second-order valence-corrected chi connectivity index (χ2v) is 5.81. The number of carbonyl (C=O) groups is 1. The van der Waals surface area contributed by atoms with E-state index in [2.05, 4.69) is 19.2 Å². The van der Waals surface area contributed by atoms with Gasteiger partial charge in [0.2, 0.25) is 5.91 Å². The zero-order chi connectivity index (χ0) is 13.8. The number of carbonyl (C=O) groups excluding carboxylic acids is 1. The van der Waals surface area contributed by atoms with Gasteiger partial charge in [0.05, 0.1) is 0 Å². The highest BCUT2D eigenvalue weighted by Crippen LogP contribution is 2.17. The van der Waals surface area contributed by atoms with Gasteiger partial charge in [0.1, 0.15) is 0 Å². The minimum Gasteiger partial charge on any atom is -0.326 e. The first-order valence-corrected chi connectivity index (χ1v) is 6.46. The van der Waals surface area contributed by atoms with E-state index in [1.165, 1.54) is 5.56 Å². The van der Waals surface area contributed by atoms with E-state index < -0.39 is 0 Å². The summed E-state index contributed by atoms with van der Waals surface area (Å²) in [6.45, 7) is 8.16. The van der Waals surface area contributed by atoms with Gasteiger partial charge < -0.3 is 11.1 Å². The Labute approximate surface area is 110 Å². The molecule has 3 heteroatoms. The molecule has 100 valence electrons. The number of hydrogen-bond donors (Lipinski definition) is 2. The van der Waals surface area contributed by atoms with E-state index in [0.29, 0.717) is 18.8 Å². The average molecular weight is 248 g/mol. The topological polar surface area (TPSA) is 55.1 Å². The van der Waals surface area contributed by atoms with Gasteiger partial charge in [-0.25, -0.2) is 0 Å². The van der Waals surface area contributed by atoms with Crippen molar-refractivity contribution < 1.29 is 4.79 Å². The minimum absolute atomic E-state index is 0.0193. The van der Waals surface area contributed by atoms with Crippen LogP contribution in [-0.2, 0) is 4.79 Å². The van der Waals surface area contributed by atoms with Crippen LogP contribution in [0.15, 0.2) is 24.3 Å². The summed E-state index contributed by atoms with van der Waals surface area (Å²) in [6.07, 6.45) is 1.14. The SMILES string of the molecule is CC(C)c1ccc(NC(=O)CCC(C)(C)N)cc1. The number of hydrogen-bond acceptors (Lipinski definition) is 2. The Kier molecular flexibility index (Phi) is 4.91. The van der Waals surface area contributed by atoms with Crippen molar-refractivity contribution in [1.82, 2.24) is 0 Å². The van der Waals surface area contributed by atoms with E-state index in [1.54, 1.807) is 0 Å². The van der Waals surface area contributed by atoms with Gasteiger partial charge in [-0.3, -0.25) is 4.79 Å². The molecule has 0 aliphatic carbocycles. The van der Waals surface area contributed by atoms with Crippen molar-refractivity contribution in [3.63, 3.8) is 0 Å². The van der Waals surface area contributed by atoms with Gasteiger partial charge >= 0.3 is 0 Å². The van der Waals surface area contributed by atoms with E-state index in [9.17, 15) is 4.79 Å². The van der Waals surface area contributed by atoms with E-state index in [1.807, 2.05) is 38.1 Å². The standard InChI is InChI=1S/C15H24N2O/c1-11(2)12-5-7-13(8-6-12)17-14(18)9-10-15(3,4)16/h5-8,11H,9-10,16H2,1-4H3,(H,17,18). The highest BCUT2D eigenvalue weighted by molar-refractivity contribution is 5.90. The predicted octanol–water partition coefficient (Wildman–Crippen LogP) is 3.27. The number of nitrogens with two attached hydrogens (primary N) is 1. The fraction of sp³-hybridized carbons (Fsp3) is 0.533. The van der Waals surface area contributed by atoms with Crippen molar-refractivity contribution in [3.8, 4) is 0 Å². The third-order valence-electron chi connectivity index (χ3n) is 2.86. The van der Waals surface area contributed by atoms with Crippen molar-refractivity contribution in [1.29, 1.82) is 0 Å². The Morgan fingerprint density at radius 3 is 2.28 bits per heavy atom. The molecule has 0 atom stereocenters. The van der Waals surface area contributed by atoms with Gasteiger partial charge in [0.25, 0.3) is 0 Å². The molecule has 0 heterocycles. The zero-order valence-corrected chi connectivity index (χ0v) is 11.8. The maximum Gasteiger partial charge on any atom is 0.224 e. The molecule has 0 spiro atoms. The van der Waals surface area contributed by atoms with Crippen molar-refractivity contribution in [2.45, 2.75) is 52.0 Å². The molecule has 0 bridgehead atoms. The minimum atomic E-state index is -0.293. The lowest BCUT2D eigenvalue weighted by molar-refractivity contribution is -0.116. The summed E-state index contributed by atoms with van der Waals surface area (Å²) in [6, 6.07) is 7.99. The van der Waals surface area contributed by atoms with Crippen LogP contribution in [0, 0.1) is 0 Å². The Hall–Kier alpha value is -1.35. The molecule has 1 aromatic carbocycles. The van der Waals surface area contributed by atoms with E-state index in [0.717, 1.165) is 5.69 Å². The molecular formula is C15H24N2O. The molecule has 0 fully saturated rings. The fourth-order valence-electron chi connectivity index (χ4n) is 1.61. The van der Waals surface area contributed by atoms with Gasteiger partial charge in [-0.15, -0.1) is 0 Å². The molecule has 3 N–H and O–H groups in total. The van der Waals surface area contributed by atoms with E-state index >= 15 is 0 Å². The smallest absolute Gasteiger partial charge is 0.224 e. The first-order chi connectivity index (χ1) is 8.28. The summed E-state index contributed by atoms with van der Waals surface area (Å²) in [5.74, 6) is 0.526. The predicted molar refractivity (Wildman–Crippen MR) is 76.7 cm³/mol. The van der Waals surface area contributed by atoms with Gasteiger partial charge in [-0.2, -0.15) is 0 Å². The molecular weight excluding hydrogens is 224 g/mol. The normalized spacial score (nSPS) is 11.7. The molecule has 0 saturated heterocycles. The lowest BCUT2D eigenvalue weighted by Crippen LogP contribution is -2.33. The zero-order valence-electron chi connectivity index (χ0n) is 11.8. The lowest BCUT2D eigenvalue weighted by atomic mass is 10.00. The third-order valence-corrected chi connectivity index (χ3v) is 2.86. The molecule has 0 saturated carbocycles. The largest absolute Gasteiger partial charge is 0.326 e.